The second-order valence-corrected chi connectivity index (χ2v) is 5.60. The van der Waals surface area contributed by atoms with E-state index in [0.29, 0.717) is 26.2 Å². The van der Waals surface area contributed by atoms with Crippen molar-refractivity contribution in [3.05, 3.63) is 0 Å². The van der Waals surface area contributed by atoms with Crippen LogP contribution in [-0.2, 0) is 14.3 Å². The maximum absolute atomic E-state index is 11.7. The molecule has 0 aromatic heterocycles. The number of amides is 2. The number of rotatable bonds is 10. The number of methoxy groups -OCH3 is 1. The summed E-state index contributed by atoms with van der Waals surface area (Å²) in [5, 5.41) is 5.75. The molecule has 1 heterocycles. The van der Waals surface area contributed by atoms with Crippen molar-refractivity contribution in [2.24, 2.45) is 0 Å². The summed E-state index contributed by atoms with van der Waals surface area (Å²) >= 11 is 0. The van der Waals surface area contributed by atoms with Crippen LogP contribution >= 0.6 is 0 Å². The van der Waals surface area contributed by atoms with Gasteiger partial charge in [0.25, 0.3) is 0 Å². The highest BCUT2D eigenvalue weighted by molar-refractivity contribution is 5.78. The normalized spacial score (nSPS) is 16.5. The second kappa shape index (κ2) is 11.4. The van der Waals surface area contributed by atoms with Crippen LogP contribution in [0.15, 0.2) is 0 Å². The molecule has 0 spiro atoms. The van der Waals surface area contributed by atoms with E-state index in [-0.39, 0.29) is 11.8 Å². The Bertz CT molecular complexity index is 299. The van der Waals surface area contributed by atoms with Crippen LogP contribution in [0.4, 0.5) is 0 Å². The average Bonchev–Trinajstić information content (AvgIpc) is 2.50. The third-order valence-corrected chi connectivity index (χ3v) is 3.68. The third-order valence-electron chi connectivity index (χ3n) is 3.68. The minimum absolute atomic E-state index is 0.0304. The molecule has 7 nitrogen and oxygen atoms in total. The average molecular weight is 314 g/mol. The van der Waals surface area contributed by atoms with Gasteiger partial charge < -0.3 is 15.4 Å². The van der Waals surface area contributed by atoms with Crippen molar-refractivity contribution in [3.63, 3.8) is 0 Å². The van der Waals surface area contributed by atoms with Gasteiger partial charge in [-0.3, -0.25) is 19.4 Å². The van der Waals surface area contributed by atoms with Crippen molar-refractivity contribution in [2.75, 3.05) is 66.1 Å². The van der Waals surface area contributed by atoms with E-state index in [0.717, 1.165) is 45.6 Å². The summed E-state index contributed by atoms with van der Waals surface area (Å²) < 4.78 is 4.90. The zero-order valence-electron chi connectivity index (χ0n) is 13.9. The number of carbonyl (C=O) groups is 2. The van der Waals surface area contributed by atoms with Gasteiger partial charge in [-0.2, -0.15) is 0 Å². The molecule has 22 heavy (non-hydrogen) atoms. The molecule has 0 radical (unpaired) electrons. The lowest BCUT2D eigenvalue weighted by atomic mass is 10.3. The number of nitrogens with one attached hydrogen (secondary N) is 2. The first kappa shape index (κ1) is 18.9. The Hall–Kier alpha value is -1.18. The predicted octanol–water partition coefficient (Wildman–Crippen LogP) is -0.717. The molecule has 2 amide bonds. The molecule has 7 heteroatoms. The van der Waals surface area contributed by atoms with Gasteiger partial charge in [0.05, 0.1) is 19.7 Å². The fourth-order valence-electron chi connectivity index (χ4n) is 2.32. The lowest BCUT2D eigenvalue weighted by Gasteiger charge is -2.33. The highest BCUT2D eigenvalue weighted by Gasteiger charge is 2.20. The van der Waals surface area contributed by atoms with Crippen LogP contribution in [-0.4, -0.2) is 87.7 Å². The quantitative estimate of drug-likeness (QED) is 0.521. The Balaban J connectivity index is 2.12. The van der Waals surface area contributed by atoms with E-state index in [9.17, 15) is 9.59 Å². The number of hydrogen-bond donors (Lipinski definition) is 2. The number of piperazine rings is 1. The maximum Gasteiger partial charge on any atom is 0.234 e. The Morgan fingerprint density at radius 3 is 1.91 bits per heavy atom. The summed E-state index contributed by atoms with van der Waals surface area (Å²) in [7, 11) is 1.61. The fourth-order valence-corrected chi connectivity index (χ4v) is 2.32. The molecule has 0 atom stereocenters. The van der Waals surface area contributed by atoms with Gasteiger partial charge in [-0.25, -0.2) is 0 Å². The summed E-state index contributed by atoms with van der Waals surface area (Å²) in [6.07, 6.45) is 2.11. The van der Waals surface area contributed by atoms with E-state index in [2.05, 4.69) is 27.4 Å². The highest BCUT2D eigenvalue weighted by atomic mass is 16.5. The van der Waals surface area contributed by atoms with E-state index in [1.54, 1.807) is 7.11 Å². The zero-order chi connectivity index (χ0) is 16.2. The molecule has 2 N–H and O–H groups in total. The minimum Gasteiger partial charge on any atom is -0.383 e. The molecule has 0 aromatic rings. The molecule has 128 valence electrons. The van der Waals surface area contributed by atoms with Crippen LogP contribution in [0.1, 0.15) is 19.8 Å². The zero-order valence-corrected chi connectivity index (χ0v) is 13.9. The number of ether oxygens (including phenoxy) is 1. The van der Waals surface area contributed by atoms with Crippen LogP contribution < -0.4 is 10.6 Å². The lowest BCUT2D eigenvalue weighted by Crippen LogP contribution is -2.51. The molecule has 0 unspecified atom stereocenters. The highest BCUT2D eigenvalue weighted by Crippen LogP contribution is 2.01. The van der Waals surface area contributed by atoms with Crippen molar-refractivity contribution in [3.8, 4) is 0 Å². The molecule has 1 aliphatic rings. The SMILES string of the molecule is CCCCNC(=O)CN1CCN(CC(=O)NCCOC)CC1. The van der Waals surface area contributed by atoms with Crippen LogP contribution in [0.2, 0.25) is 0 Å². The van der Waals surface area contributed by atoms with Gasteiger partial charge in [-0.1, -0.05) is 13.3 Å². The van der Waals surface area contributed by atoms with Crippen molar-refractivity contribution in [1.29, 1.82) is 0 Å². The standard InChI is InChI=1S/C15H30N4O3/c1-3-4-5-16-14(20)12-18-7-9-19(10-8-18)13-15(21)17-6-11-22-2/h3-13H2,1-2H3,(H,16,20)(H,17,21). The summed E-state index contributed by atoms with van der Waals surface area (Å²) in [6.45, 7) is 8.12. The van der Waals surface area contributed by atoms with Gasteiger partial charge in [-0.05, 0) is 6.42 Å². The molecule has 1 aliphatic heterocycles. The van der Waals surface area contributed by atoms with Crippen LogP contribution in [0.5, 0.6) is 0 Å². The summed E-state index contributed by atoms with van der Waals surface area (Å²) in [5.74, 6) is 0.127. The van der Waals surface area contributed by atoms with E-state index in [1.165, 1.54) is 0 Å². The van der Waals surface area contributed by atoms with Crippen molar-refractivity contribution in [2.45, 2.75) is 19.8 Å². The smallest absolute Gasteiger partial charge is 0.234 e. The Labute approximate surface area is 133 Å². The predicted molar refractivity (Wildman–Crippen MR) is 85.7 cm³/mol. The van der Waals surface area contributed by atoms with Crippen LogP contribution in [0.25, 0.3) is 0 Å². The van der Waals surface area contributed by atoms with E-state index in [1.807, 2.05) is 0 Å². The third kappa shape index (κ3) is 8.31. The molecule has 0 saturated carbocycles. The first-order valence-electron chi connectivity index (χ1n) is 8.12. The summed E-state index contributed by atoms with van der Waals surface area (Å²) in [5.41, 5.74) is 0. The molecule has 0 bridgehead atoms. The van der Waals surface area contributed by atoms with Crippen molar-refractivity contribution >= 4 is 11.8 Å². The second-order valence-electron chi connectivity index (χ2n) is 5.60. The largest absolute Gasteiger partial charge is 0.383 e. The first-order valence-corrected chi connectivity index (χ1v) is 8.12. The number of carbonyl (C=O) groups excluding carboxylic acids is 2. The monoisotopic (exact) mass is 314 g/mol. The topological polar surface area (TPSA) is 73.9 Å². The molecule has 0 aliphatic carbocycles. The van der Waals surface area contributed by atoms with E-state index >= 15 is 0 Å². The van der Waals surface area contributed by atoms with Gasteiger partial charge in [0, 0.05) is 46.4 Å². The lowest BCUT2D eigenvalue weighted by molar-refractivity contribution is -0.125. The Kier molecular flexibility index (Phi) is 9.77. The number of nitrogens with zero attached hydrogens (tertiary/aromatic N) is 2. The molecular weight excluding hydrogens is 284 g/mol. The number of unbranched alkanes of at least 4 members (excludes halogenated alkanes) is 1. The van der Waals surface area contributed by atoms with Gasteiger partial charge >= 0.3 is 0 Å². The van der Waals surface area contributed by atoms with Crippen molar-refractivity contribution < 1.29 is 14.3 Å². The van der Waals surface area contributed by atoms with Gasteiger partial charge in [-0.15, -0.1) is 0 Å². The Morgan fingerprint density at radius 2 is 1.45 bits per heavy atom. The molecule has 1 fully saturated rings. The van der Waals surface area contributed by atoms with E-state index in [4.69, 9.17) is 4.74 Å². The molecule has 1 rings (SSSR count). The van der Waals surface area contributed by atoms with Gasteiger partial charge in [0.2, 0.25) is 11.8 Å². The van der Waals surface area contributed by atoms with Crippen LogP contribution in [0, 0.1) is 0 Å². The Morgan fingerprint density at radius 1 is 0.955 bits per heavy atom. The number of hydrogen-bond acceptors (Lipinski definition) is 5. The van der Waals surface area contributed by atoms with E-state index < -0.39 is 0 Å². The van der Waals surface area contributed by atoms with Gasteiger partial charge in [0.1, 0.15) is 0 Å². The summed E-state index contributed by atoms with van der Waals surface area (Å²) in [4.78, 5) is 27.7. The van der Waals surface area contributed by atoms with Gasteiger partial charge in [0.15, 0.2) is 0 Å². The minimum atomic E-state index is 0.0304. The maximum atomic E-state index is 11.7. The van der Waals surface area contributed by atoms with Crippen LogP contribution in [0.3, 0.4) is 0 Å². The van der Waals surface area contributed by atoms with Crippen molar-refractivity contribution in [1.82, 2.24) is 20.4 Å². The fraction of sp³-hybridized carbons (Fsp3) is 0.867. The molecular formula is C15H30N4O3. The molecule has 0 aromatic carbocycles. The molecule has 1 saturated heterocycles. The summed E-state index contributed by atoms with van der Waals surface area (Å²) in [6, 6.07) is 0. The first-order chi connectivity index (χ1) is 10.7.